The van der Waals surface area contributed by atoms with E-state index in [0.29, 0.717) is 6.54 Å². The molecule has 1 aromatic rings. The van der Waals surface area contributed by atoms with Gasteiger partial charge in [0.1, 0.15) is 0 Å². The molecule has 1 aromatic heterocycles. The Morgan fingerprint density at radius 3 is 3.06 bits per heavy atom. The largest absolute Gasteiger partial charge is 0.476 e. The molecule has 0 aliphatic rings. The Hall–Kier alpha value is -1.47. The molecule has 16 heavy (non-hydrogen) atoms. The first-order valence-electron chi connectivity index (χ1n) is 5.07. The van der Waals surface area contributed by atoms with Crippen molar-refractivity contribution in [2.24, 2.45) is 0 Å². The second kappa shape index (κ2) is 6.91. The Kier molecular flexibility index (Phi) is 5.44. The molecule has 0 saturated heterocycles. The molecule has 90 valence electrons. The maximum absolute atomic E-state index is 10.5. The van der Waals surface area contributed by atoms with Gasteiger partial charge in [-0.2, -0.15) is 0 Å². The molecule has 0 radical (unpaired) electrons. The van der Waals surface area contributed by atoms with Crippen molar-refractivity contribution in [1.29, 1.82) is 0 Å². The fraction of sp³-hybridized carbons (Fsp3) is 0.667. The van der Waals surface area contributed by atoms with E-state index in [1.807, 2.05) is 0 Å². The van der Waals surface area contributed by atoms with Gasteiger partial charge in [0, 0.05) is 20.3 Å². The molecule has 0 spiro atoms. The van der Waals surface area contributed by atoms with Crippen molar-refractivity contribution < 1.29 is 14.6 Å². The number of nitrogens with one attached hydrogen (secondary N) is 1. The second-order valence-corrected chi connectivity index (χ2v) is 3.27. The molecule has 0 saturated carbocycles. The molecule has 2 N–H and O–H groups in total. The highest BCUT2D eigenvalue weighted by Gasteiger charge is 2.07. The number of hydrogen-bond donors (Lipinski definition) is 2. The van der Waals surface area contributed by atoms with E-state index in [2.05, 4.69) is 15.6 Å². The Balaban J connectivity index is 2.14. The van der Waals surface area contributed by atoms with Gasteiger partial charge in [-0.25, -0.2) is 4.79 Å². The lowest BCUT2D eigenvalue weighted by Crippen LogP contribution is -2.22. The molecule has 0 unspecified atom stereocenters. The molecular weight excluding hydrogens is 212 g/mol. The van der Waals surface area contributed by atoms with Crippen LogP contribution in [0.2, 0.25) is 0 Å². The summed E-state index contributed by atoms with van der Waals surface area (Å²) in [5.74, 6) is -1.06. The number of nitrogens with zero attached hydrogens (tertiary/aromatic N) is 3. The van der Waals surface area contributed by atoms with E-state index in [1.165, 1.54) is 10.9 Å². The van der Waals surface area contributed by atoms with Crippen molar-refractivity contribution in [2.75, 3.05) is 26.8 Å². The smallest absolute Gasteiger partial charge is 0.358 e. The highest BCUT2D eigenvalue weighted by molar-refractivity contribution is 5.84. The van der Waals surface area contributed by atoms with Crippen LogP contribution in [0.4, 0.5) is 0 Å². The zero-order chi connectivity index (χ0) is 11.8. The zero-order valence-corrected chi connectivity index (χ0v) is 9.22. The topological polar surface area (TPSA) is 89.3 Å². The fourth-order valence-corrected chi connectivity index (χ4v) is 1.17. The number of ether oxygens (including phenoxy) is 1. The van der Waals surface area contributed by atoms with Gasteiger partial charge in [-0.3, -0.25) is 4.68 Å². The first-order chi connectivity index (χ1) is 7.74. The predicted molar refractivity (Wildman–Crippen MR) is 56.3 cm³/mol. The summed E-state index contributed by atoms with van der Waals surface area (Å²) < 4.78 is 6.41. The summed E-state index contributed by atoms with van der Waals surface area (Å²) in [4.78, 5) is 10.5. The number of aromatic nitrogens is 3. The lowest BCUT2D eigenvalue weighted by Gasteiger charge is -2.03. The summed E-state index contributed by atoms with van der Waals surface area (Å²) in [5.41, 5.74) is -0.0283. The van der Waals surface area contributed by atoms with Crippen LogP contribution in [0.5, 0.6) is 0 Å². The van der Waals surface area contributed by atoms with Gasteiger partial charge in [0.15, 0.2) is 5.69 Å². The van der Waals surface area contributed by atoms with Gasteiger partial charge in [0.2, 0.25) is 0 Å². The molecule has 1 rings (SSSR count). The van der Waals surface area contributed by atoms with Gasteiger partial charge in [0.05, 0.1) is 12.7 Å². The summed E-state index contributed by atoms with van der Waals surface area (Å²) >= 11 is 0. The van der Waals surface area contributed by atoms with Crippen molar-refractivity contribution in [1.82, 2.24) is 20.3 Å². The van der Waals surface area contributed by atoms with E-state index in [9.17, 15) is 4.79 Å². The molecule has 0 fully saturated rings. The first-order valence-corrected chi connectivity index (χ1v) is 5.07. The molecule has 0 atom stereocenters. The lowest BCUT2D eigenvalue weighted by atomic mass is 10.4. The number of carbonyl (C=O) groups is 1. The van der Waals surface area contributed by atoms with Crippen molar-refractivity contribution >= 4 is 5.97 Å². The molecular formula is C9H16N4O3. The number of aromatic carboxylic acids is 1. The van der Waals surface area contributed by atoms with E-state index < -0.39 is 5.97 Å². The van der Waals surface area contributed by atoms with Gasteiger partial charge < -0.3 is 15.2 Å². The van der Waals surface area contributed by atoms with E-state index >= 15 is 0 Å². The van der Waals surface area contributed by atoms with Gasteiger partial charge in [-0.1, -0.05) is 5.21 Å². The molecule has 0 amide bonds. The third-order valence-corrected chi connectivity index (χ3v) is 1.98. The monoisotopic (exact) mass is 228 g/mol. The number of rotatable bonds is 8. The van der Waals surface area contributed by atoms with E-state index in [1.54, 1.807) is 7.11 Å². The fourth-order valence-electron chi connectivity index (χ4n) is 1.17. The summed E-state index contributed by atoms with van der Waals surface area (Å²) in [6.45, 7) is 2.94. The minimum absolute atomic E-state index is 0.0283. The standard InChI is InChI=1S/C9H16N4O3/c1-16-6-2-3-10-4-5-13-7-8(9(14)15)11-12-13/h7,10H,2-6H2,1H3,(H,14,15). The lowest BCUT2D eigenvalue weighted by molar-refractivity contribution is 0.0690. The van der Waals surface area contributed by atoms with Crippen LogP contribution in [-0.2, 0) is 11.3 Å². The highest BCUT2D eigenvalue weighted by atomic mass is 16.5. The average Bonchev–Trinajstić information content (AvgIpc) is 2.72. The molecule has 0 bridgehead atoms. The van der Waals surface area contributed by atoms with Gasteiger partial charge >= 0.3 is 5.97 Å². The van der Waals surface area contributed by atoms with E-state index in [0.717, 1.165) is 26.1 Å². The van der Waals surface area contributed by atoms with Gasteiger partial charge in [-0.05, 0) is 13.0 Å². The van der Waals surface area contributed by atoms with Crippen LogP contribution in [0, 0.1) is 0 Å². The third kappa shape index (κ3) is 4.37. The molecule has 0 aliphatic carbocycles. The number of carboxylic acid groups (broad SMARTS) is 1. The SMILES string of the molecule is COCCCNCCn1cc(C(=O)O)nn1. The van der Waals surface area contributed by atoms with Gasteiger partial charge in [-0.15, -0.1) is 5.10 Å². The number of carboxylic acids is 1. The molecule has 7 heteroatoms. The quantitative estimate of drug-likeness (QED) is 0.589. The van der Waals surface area contributed by atoms with Crippen LogP contribution in [-0.4, -0.2) is 52.9 Å². The number of hydrogen-bond acceptors (Lipinski definition) is 5. The van der Waals surface area contributed by atoms with E-state index in [4.69, 9.17) is 9.84 Å². The van der Waals surface area contributed by atoms with Gasteiger partial charge in [0.25, 0.3) is 0 Å². The average molecular weight is 228 g/mol. The number of methoxy groups -OCH3 is 1. The Morgan fingerprint density at radius 1 is 1.62 bits per heavy atom. The van der Waals surface area contributed by atoms with Crippen LogP contribution in [0.3, 0.4) is 0 Å². The maximum atomic E-state index is 10.5. The molecule has 7 nitrogen and oxygen atoms in total. The van der Waals surface area contributed by atoms with Crippen LogP contribution in [0.25, 0.3) is 0 Å². The van der Waals surface area contributed by atoms with Crippen LogP contribution < -0.4 is 5.32 Å². The van der Waals surface area contributed by atoms with Crippen LogP contribution in [0.1, 0.15) is 16.9 Å². The summed E-state index contributed by atoms with van der Waals surface area (Å²) in [5, 5.41) is 19.0. The predicted octanol–water partition coefficient (Wildman–Crippen LogP) is -0.398. The summed E-state index contributed by atoms with van der Waals surface area (Å²) in [6.07, 6.45) is 2.37. The van der Waals surface area contributed by atoms with Crippen molar-refractivity contribution in [3.63, 3.8) is 0 Å². The van der Waals surface area contributed by atoms with Crippen LogP contribution >= 0.6 is 0 Å². The second-order valence-electron chi connectivity index (χ2n) is 3.27. The zero-order valence-electron chi connectivity index (χ0n) is 9.22. The van der Waals surface area contributed by atoms with Crippen molar-refractivity contribution in [2.45, 2.75) is 13.0 Å². The van der Waals surface area contributed by atoms with E-state index in [-0.39, 0.29) is 5.69 Å². The normalized spacial score (nSPS) is 10.6. The summed E-state index contributed by atoms with van der Waals surface area (Å²) in [6, 6.07) is 0. The molecule has 1 heterocycles. The maximum Gasteiger partial charge on any atom is 0.358 e. The Bertz CT molecular complexity index is 326. The highest BCUT2D eigenvalue weighted by Crippen LogP contribution is 1.91. The Morgan fingerprint density at radius 2 is 2.44 bits per heavy atom. The Labute approximate surface area is 93.4 Å². The minimum atomic E-state index is -1.06. The third-order valence-electron chi connectivity index (χ3n) is 1.98. The van der Waals surface area contributed by atoms with Crippen molar-refractivity contribution in [3.8, 4) is 0 Å². The minimum Gasteiger partial charge on any atom is -0.476 e. The molecule has 0 aromatic carbocycles. The van der Waals surface area contributed by atoms with Crippen LogP contribution in [0.15, 0.2) is 6.20 Å². The first kappa shape index (κ1) is 12.6. The molecule has 0 aliphatic heterocycles. The summed E-state index contributed by atoms with van der Waals surface area (Å²) in [7, 11) is 1.67. The van der Waals surface area contributed by atoms with Crippen molar-refractivity contribution in [3.05, 3.63) is 11.9 Å².